The molecule has 9 heteroatoms. The first-order valence-electron chi connectivity index (χ1n) is 5.06. The minimum absolute atomic E-state index is 0.0478. The molecule has 0 aliphatic rings. The maximum atomic E-state index is 11.8. The fourth-order valence-corrected chi connectivity index (χ4v) is 2.33. The highest BCUT2D eigenvalue weighted by Gasteiger charge is 2.22. The fraction of sp³-hybridized carbons (Fsp3) is 0.300. The lowest BCUT2D eigenvalue weighted by atomic mass is 10.3. The summed E-state index contributed by atoms with van der Waals surface area (Å²) >= 11 is 0. The van der Waals surface area contributed by atoms with E-state index in [1.807, 2.05) is 4.72 Å². The Morgan fingerprint density at radius 1 is 1.42 bits per heavy atom. The van der Waals surface area contributed by atoms with Crippen LogP contribution >= 0.6 is 0 Å². The van der Waals surface area contributed by atoms with E-state index in [4.69, 9.17) is 5.11 Å². The average molecular weight is 288 g/mol. The van der Waals surface area contributed by atoms with Crippen LogP contribution < -0.4 is 4.72 Å². The number of carboxylic acids is 1. The van der Waals surface area contributed by atoms with Crippen LogP contribution in [0.2, 0.25) is 0 Å². The number of hydrogen-bond donors (Lipinski definition) is 2. The van der Waals surface area contributed by atoms with Crippen LogP contribution in [0.15, 0.2) is 23.4 Å². The van der Waals surface area contributed by atoms with Gasteiger partial charge in [-0.3, -0.25) is 9.78 Å². The first-order valence-corrected chi connectivity index (χ1v) is 6.54. The van der Waals surface area contributed by atoms with E-state index in [-0.39, 0.29) is 10.5 Å². The van der Waals surface area contributed by atoms with Crippen LogP contribution in [0.25, 0.3) is 0 Å². The second-order valence-corrected chi connectivity index (χ2v) is 5.30. The van der Waals surface area contributed by atoms with E-state index in [0.717, 1.165) is 25.6 Å². The lowest BCUT2D eigenvalue weighted by molar-refractivity contribution is -0.138. The van der Waals surface area contributed by atoms with Gasteiger partial charge in [-0.05, 0) is 13.0 Å². The minimum Gasteiger partial charge on any atom is -0.480 e. The molecule has 0 aliphatic carbocycles. The van der Waals surface area contributed by atoms with Crippen LogP contribution in [-0.2, 0) is 19.6 Å². The summed E-state index contributed by atoms with van der Waals surface area (Å²) in [5, 5.41) is 8.66. The molecule has 0 fully saturated rings. The third kappa shape index (κ3) is 3.73. The molecule has 0 bridgehead atoms. The zero-order valence-electron chi connectivity index (χ0n) is 10.2. The topological polar surface area (TPSA) is 123 Å². The Bertz CT molecular complexity index is 598. The molecule has 0 saturated heterocycles. The fourth-order valence-electron chi connectivity index (χ4n) is 1.15. The van der Waals surface area contributed by atoms with Crippen molar-refractivity contribution in [2.24, 2.45) is 0 Å². The van der Waals surface area contributed by atoms with Crippen LogP contribution in [0.1, 0.15) is 17.3 Å². The summed E-state index contributed by atoms with van der Waals surface area (Å²) in [4.78, 5) is 25.2. The van der Waals surface area contributed by atoms with Crippen LogP contribution in [0.4, 0.5) is 0 Å². The molecule has 1 unspecified atom stereocenters. The van der Waals surface area contributed by atoms with Crippen molar-refractivity contribution in [3.05, 3.63) is 24.0 Å². The van der Waals surface area contributed by atoms with E-state index < -0.39 is 28.0 Å². The molecule has 0 saturated carbocycles. The third-order valence-electron chi connectivity index (χ3n) is 2.15. The molecule has 0 aromatic carbocycles. The van der Waals surface area contributed by atoms with Crippen molar-refractivity contribution >= 4 is 22.0 Å². The van der Waals surface area contributed by atoms with Gasteiger partial charge in [-0.1, -0.05) is 0 Å². The minimum atomic E-state index is -4.07. The predicted molar refractivity (Wildman–Crippen MR) is 63.0 cm³/mol. The molecule has 1 heterocycles. The number of carbonyl (C=O) groups is 2. The molecule has 0 radical (unpaired) electrons. The standard InChI is InChI=1S/C10H12N2O6S/c1-6(9(13)14)12-19(16,17)8-3-7(4-11-5-8)10(15)18-2/h3-6,12H,1-2H3,(H,13,14). The van der Waals surface area contributed by atoms with Gasteiger partial charge >= 0.3 is 11.9 Å². The summed E-state index contributed by atoms with van der Waals surface area (Å²) in [6, 6.07) is -0.248. The molecule has 0 aliphatic heterocycles. The monoisotopic (exact) mass is 288 g/mol. The number of carboxylic acid groups (broad SMARTS) is 1. The molecule has 1 aromatic heterocycles. The van der Waals surface area contributed by atoms with Crippen LogP contribution in [0.5, 0.6) is 0 Å². The number of carbonyl (C=O) groups excluding carboxylic acids is 1. The Labute approximate surface area is 109 Å². The zero-order chi connectivity index (χ0) is 14.6. The zero-order valence-corrected chi connectivity index (χ0v) is 11.0. The molecular formula is C10H12N2O6S. The van der Waals surface area contributed by atoms with E-state index >= 15 is 0 Å². The van der Waals surface area contributed by atoms with Crippen molar-refractivity contribution in [3.8, 4) is 0 Å². The highest BCUT2D eigenvalue weighted by molar-refractivity contribution is 7.89. The number of ether oxygens (including phenoxy) is 1. The first-order chi connectivity index (χ1) is 8.77. The number of nitrogens with one attached hydrogen (secondary N) is 1. The molecule has 1 aromatic rings. The maximum absolute atomic E-state index is 11.8. The van der Waals surface area contributed by atoms with Gasteiger partial charge in [-0.25, -0.2) is 13.2 Å². The van der Waals surface area contributed by atoms with Crippen LogP contribution in [-0.4, -0.2) is 43.6 Å². The quantitative estimate of drug-likeness (QED) is 0.708. The highest BCUT2D eigenvalue weighted by Crippen LogP contribution is 2.11. The summed E-state index contributed by atoms with van der Waals surface area (Å²) < 4.78 is 30.1. The van der Waals surface area contributed by atoms with Gasteiger partial charge in [-0.15, -0.1) is 0 Å². The van der Waals surface area contributed by atoms with E-state index in [1.54, 1.807) is 0 Å². The first kappa shape index (κ1) is 15.1. The van der Waals surface area contributed by atoms with Crippen LogP contribution in [0.3, 0.4) is 0 Å². The molecule has 19 heavy (non-hydrogen) atoms. The van der Waals surface area contributed by atoms with Crippen molar-refractivity contribution < 1.29 is 27.9 Å². The summed E-state index contributed by atoms with van der Waals surface area (Å²) in [7, 11) is -2.92. The van der Waals surface area contributed by atoms with Gasteiger partial charge in [0.1, 0.15) is 10.9 Å². The summed E-state index contributed by atoms with van der Waals surface area (Å²) in [5.41, 5.74) is -0.0478. The molecule has 8 nitrogen and oxygen atoms in total. The summed E-state index contributed by atoms with van der Waals surface area (Å²) in [6.45, 7) is 1.18. The number of sulfonamides is 1. The molecular weight excluding hydrogens is 276 g/mol. The van der Waals surface area contributed by atoms with Gasteiger partial charge in [0, 0.05) is 12.4 Å². The Balaban J connectivity index is 3.08. The van der Waals surface area contributed by atoms with Crippen molar-refractivity contribution in [1.29, 1.82) is 0 Å². The second-order valence-electron chi connectivity index (χ2n) is 3.58. The second kappa shape index (κ2) is 5.76. The summed E-state index contributed by atoms with van der Waals surface area (Å²) in [5.74, 6) is -2.06. The van der Waals surface area contributed by atoms with E-state index in [0.29, 0.717) is 0 Å². The number of aliphatic carboxylic acids is 1. The van der Waals surface area contributed by atoms with Crippen molar-refractivity contribution in [3.63, 3.8) is 0 Å². The average Bonchev–Trinajstić information content (AvgIpc) is 2.37. The van der Waals surface area contributed by atoms with Gasteiger partial charge in [0.25, 0.3) is 0 Å². The molecule has 0 amide bonds. The summed E-state index contributed by atoms with van der Waals surface area (Å²) in [6.07, 6.45) is 2.15. The third-order valence-corrected chi connectivity index (χ3v) is 3.65. The molecule has 2 N–H and O–H groups in total. The number of hydrogen-bond acceptors (Lipinski definition) is 6. The van der Waals surface area contributed by atoms with Gasteiger partial charge in [0.2, 0.25) is 10.0 Å². The van der Waals surface area contributed by atoms with E-state index in [2.05, 4.69) is 9.72 Å². The van der Waals surface area contributed by atoms with Crippen molar-refractivity contribution in [1.82, 2.24) is 9.71 Å². The van der Waals surface area contributed by atoms with Crippen molar-refractivity contribution in [2.45, 2.75) is 17.9 Å². The normalized spacial score (nSPS) is 12.7. The molecule has 1 atom stereocenters. The van der Waals surface area contributed by atoms with Gasteiger partial charge in [-0.2, -0.15) is 4.72 Å². The number of esters is 1. The number of methoxy groups -OCH3 is 1. The van der Waals surface area contributed by atoms with Gasteiger partial charge in [0.15, 0.2) is 0 Å². The Morgan fingerprint density at radius 3 is 2.58 bits per heavy atom. The number of pyridine rings is 1. The molecule has 0 spiro atoms. The molecule has 104 valence electrons. The maximum Gasteiger partial charge on any atom is 0.339 e. The number of rotatable bonds is 5. The van der Waals surface area contributed by atoms with E-state index in [9.17, 15) is 18.0 Å². The smallest absolute Gasteiger partial charge is 0.339 e. The Hall–Kier alpha value is -2.00. The van der Waals surface area contributed by atoms with Crippen molar-refractivity contribution in [2.75, 3.05) is 7.11 Å². The SMILES string of the molecule is COC(=O)c1cncc(S(=O)(=O)NC(C)C(=O)O)c1. The van der Waals surface area contributed by atoms with Gasteiger partial charge in [0.05, 0.1) is 12.7 Å². The largest absolute Gasteiger partial charge is 0.480 e. The Morgan fingerprint density at radius 2 is 2.05 bits per heavy atom. The lowest BCUT2D eigenvalue weighted by Crippen LogP contribution is -2.38. The molecule has 1 rings (SSSR count). The van der Waals surface area contributed by atoms with E-state index in [1.165, 1.54) is 6.92 Å². The number of nitrogens with zero attached hydrogens (tertiary/aromatic N) is 1. The number of aromatic nitrogens is 1. The Kier molecular flexibility index (Phi) is 4.57. The highest BCUT2D eigenvalue weighted by atomic mass is 32.2. The van der Waals surface area contributed by atoms with Gasteiger partial charge < -0.3 is 9.84 Å². The lowest BCUT2D eigenvalue weighted by Gasteiger charge is -2.10. The predicted octanol–water partition coefficient (Wildman–Crippen LogP) is -0.380. The van der Waals surface area contributed by atoms with Crippen LogP contribution in [0, 0.1) is 0 Å².